The summed E-state index contributed by atoms with van der Waals surface area (Å²) in [5.74, 6) is 0. The molecule has 0 spiro atoms. The molecule has 0 atom stereocenters. The molecule has 9 heavy (non-hydrogen) atoms. The van der Waals surface area contributed by atoms with Crippen molar-refractivity contribution in [3.63, 3.8) is 0 Å². The SMILES string of the molecule is C=C(Cl)C=C(C)C.CC. The number of halogens is 1. The minimum Gasteiger partial charge on any atom is -0.0850 e. The van der Waals surface area contributed by atoms with Crippen LogP contribution in [-0.4, -0.2) is 0 Å². The normalized spacial score (nSPS) is 6.78. The number of hydrogen-bond acceptors (Lipinski definition) is 0. The molecule has 0 aliphatic carbocycles. The third-order valence-electron chi connectivity index (χ3n) is 0.445. The molecule has 0 amide bonds. The lowest BCUT2D eigenvalue weighted by Gasteiger charge is -1.83. The maximum absolute atomic E-state index is 5.40. The van der Waals surface area contributed by atoms with Crippen LogP contribution in [0.2, 0.25) is 0 Å². The number of allylic oxidation sites excluding steroid dienone is 3. The molecule has 0 aromatic rings. The Labute approximate surface area is 63.2 Å². The molecule has 54 valence electrons. The highest BCUT2D eigenvalue weighted by Gasteiger charge is 1.76. The lowest BCUT2D eigenvalue weighted by Crippen LogP contribution is -1.61. The summed E-state index contributed by atoms with van der Waals surface area (Å²) in [5.41, 5.74) is 1.18. The van der Waals surface area contributed by atoms with Crippen LogP contribution >= 0.6 is 11.6 Å². The van der Waals surface area contributed by atoms with Crippen molar-refractivity contribution in [2.75, 3.05) is 0 Å². The first kappa shape index (κ1) is 11.6. The van der Waals surface area contributed by atoms with Gasteiger partial charge in [0, 0.05) is 5.03 Å². The molecule has 0 aliphatic heterocycles. The largest absolute Gasteiger partial charge is 0.0850 e. The molecule has 0 aromatic heterocycles. The quantitative estimate of drug-likeness (QED) is 0.495. The van der Waals surface area contributed by atoms with Crippen molar-refractivity contribution < 1.29 is 0 Å². The Morgan fingerprint density at radius 1 is 1.33 bits per heavy atom. The zero-order chi connectivity index (χ0) is 7.86. The lowest BCUT2D eigenvalue weighted by molar-refractivity contribution is 1.39. The average Bonchev–Trinajstić information content (AvgIpc) is 1.68. The zero-order valence-corrected chi connectivity index (χ0v) is 7.42. The highest BCUT2D eigenvalue weighted by molar-refractivity contribution is 6.30. The van der Waals surface area contributed by atoms with Crippen LogP contribution in [0.3, 0.4) is 0 Å². The fraction of sp³-hybridized carbons (Fsp3) is 0.500. The van der Waals surface area contributed by atoms with E-state index >= 15 is 0 Å². The molecule has 0 unspecified atom stereocenters. The van der Waals surface area contributed by atoms with Crippen LogP contribution in [0.1, 0.15) is 27.7 Å². The van der Waals surface area contributed by atoms with Gasteiger partial charge in [0.2, 0.25) is 0 Å². The van der Waals surface area contributed by atoms with E-state index in [1.807, 2.05) is 33.8 Å². The van der Waals surface area contributed by atoms with Gasteiger partial charge < -0.3 is 0 Å². The molecule has 0 radical (unpaired) electrons. The van der Waals surface area contributed by atoms with E-state index in [2.05, 4.69) is 6.58 Å². The molecule has 0 fully saturated rings. The Morgan fingerprint density at radius 2 is 1.67 bits per heavy atom. The molecule has 0 heterocycles. The minimum absolute atomic E-state index is 0.597. The van der Waals surface area contributed by atoms with Crippen molar-refractivity contribution in [2.45, 2.75) is 27.7 Å². The van der Waals surface area contributed by atoms with Gasteiger partial charge in [0.1, 0.15) is 0 Å². The molecule has 0 rings (SSSR count). The second-order valence-electron chi connectivity index (χ2n) is 1.67. The summed E-state index contributed by atoms with van der Waals surface area (Å²) in [7, 11) is 0. The van der Waals surface area contributed by atoms with Gasteiger partial charge in [-0.05, 0) is 19.9 Å². The van der Waals surface area contributed by atoms with Gasteiger partial charge in [0.25, 0.3) is 0 Å². The van der Waals surface area contributed by atoms with Crippen LogP contribution in [0.4, 0.5) is 0 Å². The van der Waals surface area contributed by atoms with E-state index in [-0.39, 0.29) is 0 Å². The van der Waals surface area contributed by atoms with Gasteiger partial charge in [0.05, 0.1) is 0 Å². The Bertz CT molecular complexity index is 97.1. The molecule has 0 saturated heterocycles. The van der Waals surface area contributed by atoms with Gasteiger partial charge in [0.15, 0.2) is 0 Å². The lowest BCUT2D eigenvalue weighted by atomic mass is 10.3. The summed E-state index contributed by atoms with van der Waals surface area (Å²) < 4.78 is 0. The monoisotopic (exact) mass is 146 g/mol. The Hall–Kier alpha value is -0.230. The summed E-state index contributed by atoms with van der Waals surface area (Å²) in [6.07, 6.45) is 1.82. The first-order chi connectivity index (χ1) is 4.13. The molecular weight excluding hydrogens is 132 g/mol. The van der Waals surface area contributed by atoms with Crippen LogP contribution in [0.15, 0.2) is 23.3 Å². The van der Waals surface area contributed by atoms with Crippen LogP contribution in [0, 0.1) is 0 Å². The molecule has 0 N–H and O–H groups in total. The molecule has 0 aromatic carbocycles. The van der Waals surface area contributed by atoms with Crippen molar-refractivity contribution >= 4 is 11.6 Å². The Balaban J connectivity index is 0. The molecular formula is C8H15Cl. The summed E-state index contributed by atoms with van der Waals surface area (Å²) in [6.45, 7) is 11.4. The summed E-state index contributed by atoms with van der Waals surface area (Å²) >= 11 is 5.40. The van der Waals surface area contributed by atoms with Crippen molar-refractivity contribution in [1.82, 2.24) is 0 Å². The molecule has 0 aliphatic rings. The predicted molar refractivity (Wildman–Crippen MR) is 45.8 cm³/mol. The smallest absolute Gasteiger partial charge is 0.0333 e. The number of rotatable bonds is 1. The summed E-state index contributed by atoms with van der Waals surface area (Å²) in [5, 5.41) is 0.597. The Morgan fingerprint density at radius 3 is 1.67 bits per heavy atom. The standard InChI is InChI=1S/C6H9Cl.C2H6/c1-5(2)4-6(3)7;1-2/h4H,3H2,1-2H3;1-2H3. The summed E-state index contributed by atoms with van der Waals surface area (Å²) in [4.78, 5) is 0. The van der Waals surface area contributed by atoms with Gasteiger partial charge in [-0.3, -0.25) is 0 Å². The maximum Gasteiger partial charge on any atom is 0.0333 e. The molecule has 0 bridgehead atoms. The highest BCUT2D eigenvalue weighted by Crippen LogP contribution is 2.01. The van der Waals surface area contributed by atoms with Crippen LogP contribution in [-0.2, 0) is 0 Å². The van der Waals surface area contributed by atoms with E-state index in [1.165, 1.54) is 5.57 Å². The van der Waals surface area contributed by atoms with Crippen molar-refractivity contribution in [2.24, 2.45) is 0 Å². The minimum atomic E-state index is 0.597. The van der Waals surface area contributed by atoms with Crippen LogP contribution in [0.25, 0.3) is 0 Å². The maximum atomic E-state index is 5.40. The van der Waals surface area contributed by atoms with E-state index in [0.717, 1.165) is 0 Å². The van der Waals surface area contributed by atoms with Crippen molar-refractivity contribution in [3.05, 3.63) is 23.3 Å². The Kier molecular flexibility index (Phi) is 9.97. The van der Waals surface area contributed by atoms with Crippen LogP contribution < -0.4 is 0 Å². The fourth-order valence-corrected chi connectivity index (χ4v) is 0.531. The van der Waals surface area contributed by atoms with E-state index in [0.29, 0.717) is 5.03 Å². The van der Waals surface area contributed by atoms with Gasteiger partial charge in [-0.15, -0.1) is 0 Å². The van der Waals surface area contributed by atoms with Crippen molar-refractivity contribution in [3.8, 4) is 0 Å². The van der Waals surface area contributed by atoms with E-state index in [9.17, 15) is 0 Å². The fourth-order valence-electron chi connectivity index (χ4n) is 0.313. The van der Waals surface area contributed by atoms with Gasteiger partial charge in [-0.25, -0.2) is 0 Å². The molecule has 0 saturated carbocycles. The zero-order valence-electron chi connectivity index (χ0n) is 6.66. The average molecular weight is 147 g/mol. The van der Waals surface area contributed by atoms with E-state index in [4.69, 9.17) is 11.6 Å². The number of hydrogen-bond donors (Lipinski definition) is 0. The van der Waals surface area contributed by atoms with E-state index in [1.54, 1.807) is 0 Å². The van der Waals surface area contributed by atoms with Gasteiger partial charge in [-0.1, -0.05) is 37.6 Å². The summed E-state index contributed by atoms with van der Waals surface area (Å²) in [6, 6.07) is 0. The third-order valence-corrected chi connectivity index (χ3v) is 0.554. The van der Waals surface area contributed by atoms with Crippen molar-refractivity contribution in [1.29, 1.82) is 0 Å². The first-order valence-corrected chi connectivity index (χ1v) is 3.50. The third kappa shape index (κ3) is 18.2. The molecule has 1 heteroatoms. The second kappa shape index (κ2) is 7.77. The topological polar surface area (TPSA) is 0 Å². The van der Waals surface area contributed by atoms with Gasteiger partial charge >= 0.3 is 0 Å². The van der Waals surface area contributed by atoms with E-state index < -0.39 is 0 Å². The predicted octanol–water partition coefficient (Wildman–Crippen LogP) is 3.73. The first-order valence-electron chi connectivity index (χ1n) is 3.12. The highest BCUT2D eigenvalue weighted by atomic mass is 35.5. The molecule has 0 nitrogen and oxygen atoms in total. The second-order valence-corrected chi connectivity index (χ2v) is 2.15. The van der Waals surface area contributed by atoms with Crippen LogP contribution in [0.5, 0.6) is 0 Å². The van der Waals surface area contributed by atoms with Gasteiger partial charge in [-0.2, -0.15) is 0 Å².